The topological polar surface area (TPSA) is 57.7 Å². The minimum Gasteiger partial charge on any atom is -0.337 e. The summed E-state index contributed by atoms with van der Waals surface area (Å²) < 4.78 is 39.7. The molecule has 0 aromatic heterocycles. The first kappa shape index (κ1) is 17.1. The van der Waals surface area contributed by atoms with Crippen LogP contribution in [0.4, 0.5) is 4.39 Å². The normalized spacial score (nSPS) is 29.5. The Morgan fingerprint density at radius 3 is 2.35 bits per heavy atom. The molecule has 132 valence electrons. The van der Waals surface area contributed by atoms with Crippen LogP contribution in [0.1, 0.15) is 51.9 Å². The molecule has 3 aliphatic rings. The average Bonchev–Trinajstić information content (AvgIpc) is 3.33. The average molecular weight is 346 g/mol. The van der Waals surface area contributed by atoms with Gasteiger partial charge in [-0.05, 0) is 57.8 Å². The van der Waals surface area contributed by atoms with Crippen molar-refractivity contribution in [3.05, 3.63) is 0 Å². The molecule has 7 heteroatoms. The quantitative estimate of drug-likeness (QED) is 0.781. The van der Waals surface area contributed by atoms with Crippen molar-refractivity contribution in [1.29, 1.82) is 0 Å². The van der Waals surface area contributed by atoms with Crippen molar-refractivity contribution in [2.24, 2.45) is 5.92 Å². The molecule has 0 N–H and O–H groups in total. The number of sulfonamides is 1. The van der Waals surface area contributed by atoms with Gasteiger partial charge in [-0.2, -0.15) is 0 Å². The molecule has 23 heavy (non-hydrogen) atoms. The van der Waals surface area contributed by atoms with Crippen molar-refractivity contribution in [3.8, 4) is 0 Å². The fourth-order valence-corrected chi connectivity index (χ4v) is 5.13. The van der Waals surface area contributed by atoms with E-state index in [-0.39, 0.29) is 17.7 Å². The molecule has 1 amide bonds. The second-order valence-electron chi connectivity index (χ2n) is 7.16. The first-order chi connectivity index (χ1) is 10.9. The Morgan fingerprint density at radius 2 is 1.78 bits per heavy atom. The molecule has 1 aliphatic carbocycles. The van der Waals surface area contributed by atoms with Gasteiger partial charge in [0, 0.05) is 25.7 Å². The van der Waals surface area contributed by atoms with Gasteiger partial charge in [0.25, 0.3) is 5.91 Å². The van der Waals surface area contributed by atoms with E-state index < -0.39 is 15.7 Å². The van der Waals surface area contributed by atoms with E-state index in [0.29, 0.717) is 38.4 Å². The van der Waals surface area contributed by atoms with Crippen LogP contribution in [0.15, 0.2) is 0 Å². The largest absolute Gasteiger partial charge is 0.337 e. The molecule has 0 aromatic carbocycles. The predicted molar refractivity (Wildman–Crippen MR) is 86.2 cm³/mol. The zero-order valence-electron chi connectivity index (χ0n) is 13.8. The number of likely N-dealkylation sites (tertiary alicyclic amines) is 1. The Hall–Kier alpha value is -0.690. The standard InChI is InChI=1S/C16H27FN2O3S/c1-2-23(21,22)18-11-6-13(7-12-18)14-5-3-4-10-19(14)15(20)16(17)8-9-16/h13-14H,2-12H2,1H3. The minimum atomic E-state index is -3.13. The van der Waals surface area contributed by atoms with E-state index in [9.17, 15) is 17.6 Å². The van der Waals surface area contributed by atoms with Crippen LogP contribution in [-0.2, 0) is 14.8 Å². The van der Waals surface area contributed by atoms with Crippen molar-refractivity contribution in [3.63, 3.8) is 0 Å². The van der Waals surface area contributed by atoms with Crippen LogP contribution in [0.3, 0.4) is 0 Å². The van der Waals surface area contributed by atoms with Gasteiger partial charge in [0.1, 0.15) is 0 Å². The molecule has 2 heterocycles. The first-order valence-electron chi connectivity index (χ1n) is 8.85. The van der Waals surface area contributed by atoms with Crippen LogP contribution in [0.2, 0.25) is 0 Å². The van der Waals surface area contributed by atoms with Gasteiger partial charge in [0.2, 0.25) is 10.0 Å². The van der Waals surface area contributed by atoms with E-state index in [1.165, 1.54) is 0 Å². The Bertz CT molecular complexity index is 554. The number of piperidine rings is 2. The van der Waals surface area contributed by atoms with Crippen molar-refractivity contribution in [2.75, 3.05) is 25.4 Å². The Morgan fingerprint density at radius 1 is 1.13 bits per heavy atom. The molecule has 0 bridgehead atoms. The first-order valence-corrected chi connectivity index (χ1v) is 10.5. The summed E-state index contributed by atoms with van der Waals surface area (Å²) in [5, 5.41) is 0. The van der Waals surface area contributed by atoms with Gasteiger partial charge in [-0.3, -0.25) is 4.79 Å². The molecular formula is C16H27FN2O3S. The second kappa shape index (κ2) is 6.31. The number of hydrogen-bond donors (Lipinski definition) is 0. The zero-order valence-corrected chi connectivity index (χ0v) is 14.7. The number of nitrogens with zero attached hydrogens (tertiary/aromatic N) is 2. The maximum absolute atomic E-state index is 14.2. The molecule has 0 aromatic rings. The number of alkyl halides is 1. The van der Waals surface area contributed by atoms with Gasteiger partial charge in [-0.15, -0.1) is 0 Å². The monoisotopic (exact) mass is 346 g/mol. The van der Waals surface area contributed by atoms with Gasteiger partial charge in [-0.1, -0.05) is 0 Å². The smallest absolute Gasteiger partial charge is 0.260 e. The van der Waals surface area contributed by atoms with Gasteiger partial charge in [0.05, 0.1) is 5.75 Å². The number of amides is 1. The molecule has 1 unspecified atom stereocenters. The SMILES string of the molecule is CCS(=O)(=O)N1CCC(C2CCCCN2C(=O)C2(F)CC2)CC1. The van der Waals surface area contributed by atoms with Crippen LogP contribution in [0, 0.1) is 5.92 Å². The summed E-state index contributed by atoms with van der Waals surface area (Å²) >= 11 is 0. The lowest BCUT2D eigenvalue weighted by Crippen LogP contribution is -2.53. The van der Waals surface area contributed by atoms with Gasteiger partial charge in [0.15, 0.2) is 5.67 Å². The third-order valence-corrected chi connectivity index (χ3v) is 7.56. The van der Waals surface area contributed by atoms with Crippen molar-refractivity contribution < 1.29 is 17.6 Å². The number of hydrogen-bond acceptors (Lipinski definition) is 3. The summed E-state index contributed by atoms with van der Waals surface area (Å²) in [6, 6.07) is 0.0935. The highest BCUT2D eigenvalue weighted by Crippen LogP contribution is 2.43. The van der Waals surface area contributed by atoms with Crippen LogP contribution in [0.5, 0.6) is 0 Å². The number of halogens is 1. The van der Waals surface area contributed by atoms with E-state index >= 15 is 0 Å². The van der Waals surface area contributed by atoms with Crippen molar-refractivity contribution >= 4 is 15.9 Å². The predicted octanol–water partition coefficient (Wildman–Crippen LogP) is 1.93. The molecular weight excluding hydrogens is 319 g/mol. The lowest BCUT2D eigenvalue weighted by Gasteiger charge is -2.44. The summed E-state index contributed by atoms with van der Waals surface area (Å²) in [4.78, 5) is 14.2. The minimum absolute atomic E-state index is 0.0935. The van der Waals surface area contributed by atoms with E-state index in [2.05, 4.69) is 0 Å². The molecule has 2 saturated heterocycles. The molecule has 1 atom stereocenters. The van der Waals surface area contributed by atoms with Crippen LogP contribution in [0.25, 0.3) is 0 Å². The zero-order chi connectivity index (χ0) is 16.7. The summed E-state index contributed by atoms with van der Waals surface area (Å²) in [7, 11) is -3.13. The highest BCUT2D eigenvalue weighted by atomic mass is 32.2. The van der Waals surface area contributed by atoms with Crippen LogP contribution >= 0.6 is 0 Å². The van der Waals surface area contributed by atoms with Gasteiger partial charge < -0.3 is 4.90 Å². The van der Waals surface area contributed by atoms with Crippen LogP contribution in [-0.4, -0.2) is 60.6 Å². The van der Waals surface area contributed by atoms with Crippen molar-refractivity contribution in [2.45, 2.75) is 63.6 Å². The van der Waals surface area contributed by atoms with Gasteiger partial charge in [-0.25, -0.2) is 17.1 Å². The molecule has 3 rings (SSSR count). The molecule has 1 saturated carbocycles. The summed E-state index contributed by atoms with van der Waals surface area (Å²) in [5.74, 6) is 0.117. The fraction of sp³-hybridized carbons (Fsp3) is 0.938. The Kier molecular flexibility index (Phi) is 4.71. The molecule has 0 spiro atoms. The summed E-state index contributed by atoms with van der Waals surface area (Å²) in [6.07, 6.45) is 5.21. The number of carbonyl (C=O) groups is 1. The second-order valence-corrected chi connectivity index (χ2v) is 9.42. The summed E-state index contributed by atoms with van der Waals surface area (Å²) in [6.45, 7) is 3.38. The molecule has 0 radical (unpaired) electrons. The van der Waals surface area contributed by atoms with E-state index in [4.69, 9.17) is 0 Å². The van der Waals surface area contributed by atoms with Crippen molar-refractivity contribution in [1.82, 2.24) is 9.21 Å². The lowest BCUT2D eigenvalue weighted by molar-refractivity contribution is -0.143. The molecule has 2 aliphatic heterocycles. The van der Waals surface area contributed by atoms with Crippen LogP contribution < -0.4 is 0 Å². The maximum atomic E-state index is 14.2. The Labute approximate surface area is 138 Å². The Balaban J connectivity index is 1.65. The highest BCUT2D eigenvalue weighted by molar-refractivity contribution is 7.89. The van der Waals surface area contributed by atoms with E-state index in [0.717, 1.165) is 32.1 Å². The maximum Gasteiger partial charge on any atom is 0.260 e. The lowest BCUT2D eigenvalue weighted by atomic mass is 9.84. The third kappa shape index (κ3) is 3.40. The third-order valence-electron chi connectivity index (χ3n) is 5.68. The number of rotatable bonds is 4. The highest BCUT2D eigenvalue weighted by Gasteiger charge is 2.54. The summed E-state index contributed by atoms with van der Waals surface area (Å²) in [5.41, 5.74) is -1.60. The molecule has 5 nitrogen and oxygen atoms in total. The van der Waals surface area contributed by atoms with Gasteiger partial charge >= 0.3 is 0 Å². The fourth-order valence-electron chi connectivity index (χ4n) is 4.00. The number of carbonyl (C=O) groups excluding carboxylic acids is 1. The van der Waals surface area contributed by atoms with E-state index in [1.54, 1.807) is 16.1 Å². The molecule has 3 fully saturated rings. The van der Waals surface area contributed by atoms with E-state index in [1.807, 2.05) is 0 Å².